The van der Waals surface area contributed by atoms with Gasteiger partial charge in [0, 0.05) is 12.5 Å². The summed E-state index contributed by atoms with van der Waals surface area (Å²) in [5.74, 6) is 0.859. The zero-order valence-electron chi connectivity index (χ0n) is 10.6. The Kier molecular flexibility index (Phi) is 5.22. The number of thiocarbonyl (C=S) groups is 1. The van der Waals surface area contributed by atoms with Crippen molar-refractivity contribution in [3.05, 3.63) is 24.3 Å². The van der Waals surface area contributed by atoms with E-state index in [2.05, 4.69) is 5.32 Å². The molecule has 0 bridgehead atoms. The lowest BCUT2D eigenvalue weighted by Gasteiger charge is -2.19. The van der Waals surface area contributed by atoms with E-state index in [1.807, 2.05) is 45.0 Å². The summed E-state index contributed by atoms with van der Waals surface area (Å²) in [5.41, 5.74) is 6.50. The first-order chi connectivity index (χ1) is 7.99. The third-order valence-electron chi connectivity index (χ3n) is 2.16. The fraction of sp³-hybridized carbons (Fsp3) is 0.462. The first kappa shape index (κ1) is 13.8. The Morgan fingerprint density at radius 1 is 1.35 bits per heavy atom. The van der Waals surface area contributed by atoms with Gasteiger partial charge in [0.2, 0.25) is 0 Å². The fourth-order valence-corrected chi connectivity index (χ4v) is 1.81. The Morgan fingerprint density at radius 3 is 2.59 bits per heavy atom. The SMILES string of the molecule is CC(CC(N)=S)Nc1ccccc1OC(C)C. The zero-order valence-corrected chi connectivity index (χ0v) is 11.4. The van der Waals surface area contributed by atoms with Crippen LogP contribution in [0.15, 0.2) is 24.3 Å². The van der Waals surface area contributed by atoms with Crippen molar-refractivity contribution in [1.82, 2.24) is 0 Å². The second kappa shape index (κ2) is 6.45. The molecule has 1 atom stereocenters. The molecular formula is C13H20N2OS. The van der Waals surface area contributed by atoms with Gasteiger partial charge in [0.05, 0.1) is 16.8 Å². The van der Waals surface area contributed by atoms with Crippen molar-refractivity contribution in [2.75, 3.05) is 5.32 Å². The zero-order chi connectivity index (χ0) is 12.8. The molecule has 0 radical (unpaired) electrons. The smallest absolute Gasteiger partial charge is 0.142 e. The molecule has 1 rings (SSSR count). The molecule has 0 aliphatic heterocycles. The Morgan fingerprint density at radius 2 is 2.00 bits per heavy atom. The van der Waals surface area contributed by atoms with E-state index < -0.39 is 0 Å². The number of nitrogens with two attached hydrogens (primary N) is 1. The summed E-state index contributed by atoms with van der Waals surface area (Å²) < 4.78 is 5.72. The Bertz CT molecular complexity index is 379. The van der Waals surface area contributed by atoms with Crippen molar-refractivity contribution >= 4 is 22.9 Å². The number of anilines is 1. The highest BCUT2D eigenvalue weighted by Crippen LogP contribution is 2.25. The third-order valence-corrected chi connectivity index (χ3v) is 2.33. The maximum absolute atomic E-state index is 5.72. The number of para-hydroxylation sites is 2. The van der Waals surface area contributed by atoms with Crippen LogP contribution in [0.4, 0.5) is 5.69 Å². The molecule has 0 amide bonds. The van der Waals surface area contributed by atoms with Crippen LogP contribution in [0.25, 0.3) is 0 Å². The first-order valence-electron chi connectivity index (χ1n) is 5.79. The van der Waals surface area contributed by atoms with E-state index in [1.165, 1.54) is 0 Å². The molecule has 0 saturated carbocycles. The summed E-state index contributed by atoms with van der Waals surface area (Å²) in [5, 5.41) is 3.35. The third kappa shape index (κ3) is 5.04. The molecule has 1 unspecified atom stereocenters. The Labute approximate surface area is 108 Å². The molecule has 0 aliphatic carbocycles. The summed E-state index contributed by atoms with van der Waals surface area (Å²) >= 11 is 4.90. The topological polar surface area (TPSA) is 47.3 Å². The molecule has 4 heteroatoms. The fourth-order valence-electron chi connectivity index (χ4n) is 1.56. The summed E-state index contributed by atoms with van der Waals surface area (Å²) in [6, 6.07) is 8.08. The van der Waals surface area contributed by atoms with Crippen LogP contribution in [-0.2, 0) is 0 Å². The molecule has 17 heavy (non-hydrogen) atoms. The highest BCUT2D eigenvalue weighted by atomic mass is 32.1. The van der Waals surface area contributed by atoms with Gasteiger partial charge in [-0.25, -0.2) is 0 Å². The van der Waals surface area contributed by atoms with Gasteiger partial charge in [0.1, 0.15) is 5.75 Å². The second-order valence-electron chi connectivity index (χ2n) is 4.38. The van der Waals surface area contributed by atoms with Crippen molar-refractivity contribution < 1.29 is 4.74 Å². The summed E-state index contributed by atoms with van der Waals surface area (Å²) in [6.45, 7) is 6.07. The Balaban J connectivity index is 2.72. The van der Waals surface area contributed by atoms with Gasteiger partial charge in [-0.1, -0.05) is 24.4 Å². The number of nitrogens with one attached hydrogen (secondary N) is 1. The van der Waals surface area contributed by atoms with Crippen molar-refractivity contribution in [2.24, 2.45) is 5.73 Å². The normalized spacial score (nSPS) is 12.2. The maximum Gasteiger partial charge on any atom is 0.142 e. The molecule has 0 aromatic heterocycles. The molecule has 1 aromatic carbocycles. The van der Waals surface area contributed by atoms with Crippen LogP contribution in [0, 0.1) is 0 Å². The van der Waals surface area contributed by atoms with Crippen molar-refractivity contribution in [3.8, 4) is 5.75 Å². The van der Waals surface area contributed by atoms with Gasteiger partial charge in [-0.15, -0.1) is 0 Å². The minimum Gasteiger partial charge on any atom is -0.489 e. The molecule has 0 aliphatic rings. The predicted octanol–water partition coefficient (Wildman–Crippen LogP) is 2.95. The van der Waals surface area contributed by atoms with Crippen LogP contribution in [0.5, 0.6) is 5.75 Å². The van der Waals surface area contributed by atoms with E-state index >= 15 is 0 Å². The minimum atomic E-state index is 0.156. The number of rotatable bonds is 6. The Hall–Kier alpha value is -1.29. The molecule has 0 spiro atoms. The predicted molar refractivity (Wildman–Crippen MR) is 76.7 cm³/mol. The van der Waals surface area contributed by atoms with E-state index in [1.54, 1.807) is 0 Å². The molecule has 0 heterocycles. The molecular weight excluding hydrogens is 232 g/mol. The second-order valence-corrected chi connectivity index (χ2v) is 4.90. The highest BCUT2D eigenvalue weighted by Gasteiger charge is 2.08. The number of ether oxygens (including phenoxy) is 1. The lowest BCUT2D eigenvalue weighted by molar-refractivity contribution is 0.243. The lowest BCUT2D eigenvalue weighted by Crippen LogP contribution is -2.23. The molecule has 0 saturated heterocycles. The first-order valence-corrected chi connectivity index (χ1v) is 6.20. The van der Waals surface area contributed by atoms with Crippen LogP contribution in [-0.4, -0.2) is 17.1 Å². The van der Waals surface area contributed by atoms with Crippen LogP contribution in [0.1, 0.15) is 27.2 Å². The number of hydrogen-bond donors (Lipinski definition) is 2. The quantitative estimate of drug-likeness (QED) is 0.764. The van der Waals surface area contributed by atoms with Gasteiger partial charge in [-0.05, 0) is 32.9 Å². The number of benzene rings is 1. The molecule has 0 fully saturated rings. The van der Waals surface area contributed by atoms with E-state index in [0.29, 0.717) is 11.4 Å². The van der Waals surface area contributed by atoms with Gasteiger partial charge in [-0.2, -0.15) is 0 Å². The summed E-state index contributed by atoms with van der Waals surface area (Å²) in [6.07, 6.45) is 0.828. The van der Waals surface area contributed by atoms with Gasteiger partial charge >= 0.3 is 0 Å². The standard InChI is InChI=1S/C13H20N2OS/c1-9(2)16-12-7-5-4-6-11(12)15-10(3)8-13(14)17/h4-7,9-10,15H,8H2,1-3H3,(H2,14,17). The van der Waals surface area contributed by atoms with Crippen LogP contribution >= 0.6 is 12.2 Å². The average Bonchev–Trinajstić information content (AvgIpc) is 2.18. The van der Waals surface area contributed by atoms with Gasteiger partial charge < -0.3 is 15.8 Å². The minimum absolute atomic E-state index is 0.156. The highest BCUT2D eigenvalue weighted by molar-refractivity contribution is 7.80. The molecule has 3 N–H and O–H groups in total. The van der Waals surface area contributed by atoms with Gasteiger partial charge in [0.25, 0.3) is 0 Å². The monoisotopic (exact) mass is 252 g/mol. The van der Waals surface area contributed by atoms with E-state index in [-0.39, 0.29) is 12.1 Å². The average molecular weight is 252 g/mol. The molecule has 1 aromatic rings. The van der Waals surface area contributed by atoms with Crippen LogP contribution < -0.4 is 15.8 Å². The van der Waals surface area contributed by atoms with Gasteiger partial charge in [0.15, 0.2) is 0 Å². The largest absolute Gasteiger partial charge is 0.489 e. The number of hydrogen-bond acceptors (Lipinski definition) is 3. The van der Waals surface area contributed by atoms with E-state index in [0.717, 1.165) is 11.4 Å². The molecule has 94 valence electrons. The lowest BCUT2D eigenvalue weighted by atomic mass is 10.2. The molecule has 3 nitrogen and oxygen atoms in total. The van der Waals surface area contributed by atoms with Crippen molar-refractivity contribution in [1.29, 1.82) is 0 Å². The van der Waals surface area contributed by atoms with Crippen LogP contribution in [0.3, 0.4) is 0 Å². The van der Waals surface area contributed by atoms with E-state index in [4.69, 9.17) is 22.7 Å². The van der Waals surface area contributed by atoms with Crippen LogP contribution in [0.2, 0.25) is 0 Å². The summed E-state index contributed by atoms with van der Waals surface area (Å²) in [4.78, 5) is 0.521. The van der Waals surface area contributed by atoms with E-state index in [9.17, 15) is 0 Å². The summed E-state index contributed by atoms with van der Waals surface area (Å²) in [7, 11) is 0. The van der Waals surface area contributed by atoms with Crippen molar-refractivity contribution in [2.45, 2.75) is 39.3 Å². The van der Waals surface area contributed by atoms with Crippen molar-refractivity contribution in [3.63, 3.8) is 0 Å². The van der Waals surface area contributed by atoms with Gasteiger partial charge in [-0.3, -0.25) is 0 Å². The maximum atomic E-state index is 5.72.